The van der Waals surface area contributed by atoms with Crippen LogP contribution in [0.25, 0.3) is 0 Å². The van der Waals surface area contributed by atoms with Crippen molar-refractivity contribution in [3.05, 3.63) is 35.9 Å². The molecule has 0 bridgehead atoms. The third-order valence-corrected chi connectivity index (χ3v) is 4.86. The lowest BCUT2D eigenvalue weighted by Crippen LogP contribution is -2.67. The summed E-state index contributed by atoms with van der Waals surface area (Å²) in [7, 11) is -1.56. The number of likely N-dealkylation sites (tertiary alicyclic amines) is 1. The smallest absolute Gasteiger partial charge is 0.342 e. The molecule has 0 spiro atoms. The number of benzene rings is 1. The fourth-order valence-corrected chi connectivity index (χ4v) is 2.77. The molecule has 130 valence electrons. The van der Waals surface area contributed by atoms with Crippen molar-refractivity contribution in [2.24, 2.45) is 0 Å². The van der Waals surface area contributed by atoms with Gasteiger partial charge in [-0.2, -0.15) is 0 Å². The van der Waals surface area contributed by atoms with Crippen LogP contribution in [0.2, 0.25) is 0 Å². The van der Waals surface area contributed by atoms with E-state index in [1.54, 1.807) is 12.1 Å². The standard InChI is InChI=1S/C14H18N3O6P/c1-22-24(21,23-2)16-14(20)17-9-11(13(17)19)15-12(18)8-10-6-4-3-5-7-10/h3-7,11H,8-9H2,1-2H3,(H,15,18)(H,16,20,21)/t11-/m0/s1. The maximum atomic E-state index is 11.9. The second kappa shape index (κ2) is 7.57. The van der Waals surface area contributed by atoms with Crippen molar-refractivity contribution in [3.8, 4) is 0 Å². The number of amides is 4. The Morgan fingerprint density at radius 2 is 1.88 bits per heavy atom. The van der Waals surface area contributed by atoms with E-state index in [0.717, 1.165) is 24.7 Å². The second-order valence-electron chi connectivity index (χ2n) is 5.01. The number of nitrogens with one attached hydrogen (secondary N) is 2. The molecule has 0 radical (unpaired) electrons. The molecule has 1 aliphatic heterocycles. The topological polar surface area (TPSA) is 114 Å². The Hall–Kier alpha value is -2.22. The van der Waals surface area contributed by atoms with Crippen LogP contribution >= 0.6 is 7.75 Å². The number of carbonyl (C=O) groups excluding carboxylic acids is 3. The van der Waals surface area contributed by atoms with Gasteiger partial charge in [0.15, 0.2) is 0 Å². The van der Waals surface area contributed by atoms with Crippen LogP contribution in [0.15, 0.2) is 30.3 Å². The van der Waals surface area contributed by atoms with Gasteiger partial charge in [0.1, 0.15) is 6.04 Å². The summed E-state index contributed by atoms with van der Waals surface area (Å²) in [5.41, 5.74) is 0.817. The summed E-state index contributed by atoms with van der Waals surface area (Å²) in [5, 5.41) is 4.55. The van der Waals surface area contributed by atoms with E-state index in [9.17, 15) is 18.9 Å². The number of hydrogen-bond donors (Lipinski definition) is 2. The van der Waals surface area contributed by atoms with Crippen molar-refractivity contribution in [1.29, 1.82) is 0 Å². The molecule has 24 heavy (non-hydrogen) atoms. The van der Waals surface area contributed by atoms with Crippen molar-refractivity contribution in [2.45, 2.75) is 12.5 Å². The number of carbonyl (C=O) groups is 3. The summed E-state index contributed by atoms with van der Waals surface area (Å²) in [4.78, 5) is 36.5. The first-order chi connectivity index (χ1) is 11.4. The average Bonchev–Trinajstić information content (AvgIpc) is 2.58. The molecule has 1 heterocycles. The monoisotopic (exact) mass is 355 g/mol. The Morgan fingerprint density at radius 1 is 1.25 bits per heavy atom. The third-order valence-electron chi connectivity index (χ3n) is 3.43. The van der Waals surface area contributed by atoms with E-state index in [1.807, 2.05) is 23.3 Å². The molecule has 9 nitrogen and oxygen atoms in total. The van der Waals surface area contributed by atoms with E-state index in [2.05, 4.69) is 14.4 Å². The van der Waals surface area contributed by atoms with E-state index in [0.29, 0.717) is 0 Å². The molecule has 1 aromatic carbocycles. The molecule has 1 aliphatic rings. The minimum absolute atomic E-state index is 0.0153. The molecule has 0 saturated carbocycles. The largest absolute Gasteiger partial charge is 0.435 e. The highest BCUT2D eigenvalue weighted by Crippen LogP contribution is 2.41. The lowest BCUT2D eigenvalue weighted by molar-refractivity contribution is -0.142. The molecule has 0 aromatic heterocycles. The molecule has 2 rings (SSSR count). The average molecular weight is 355 g/mol. The van der Waals surface area contributed by atoms with Crippen LogP contribution < -0.4 is 10.4 Å². The zero-order valence-electron chi connectivity index (χ0n) is 13.2. The zero-order chi connectivity index (χ0) is 17.7. The zero-order valence-corrected chi connectivity index (χ0v) is 14.1. The van der Waals surface area contributed by atoms with Gasteiger partial charge in [-0.3, -0.25) is 23.5 Å². The predicted octanol–water partition coefficient (Wildman–Crippen LogP) is 0.667. The molecule has 1 saturated heterocycles. The molecule has 1 fully saturated rings. The van der Waals surface area contributed by atoms with E-state index in [1.165, 1.54) is 0 Å². The van der Waals surface area contributed by atoms with E-state index in [-0.39, 0.29) is 18.9 Å². The van der Waals surface area contributed by atoms with Crippen LogP contribution in [-0.2, 0) is 29.6 Å². The Balaban J connectivity index is 1.83. The molecule has 0 unspecified atom stereocenters. The fraction of sp³-hybridized carbons (Fsp3) is 0.357. The van der Waals surface area contributed by atoms with Gasteiger partial charge in [-0.05, 0) is 5.56 Å². The molecule has 1 atom stereocenters. The first kappa shape index (κ1) is 18.1. The summed E-state index contributed by atoms with van der Waals surface area (Å²) in [5.74, 6) is -0.910. The number of rotatable bonds is 6. The minimum Gasteiger partial charge on any atom is -0.342 e. The highest BCUT2D eigenvalue weighted by Gasteiger charge is 2.43. The van der Waals surface area contributed by atoms with Gasteiger partial charge in [-0.1, -0.05) is 30.3 Å². The molecule has 10 heteroatoms. The number of urea groups is 1. The molecular weight excluding hydrogens is 337 g/mol. The summed E-state index contributed by atoms with van der Waals surface area (Å²) in [6.45, 7) is -0.0153. The van der Waals surface area contributed by atoms with Crippen LogP contribution in [0, 0.1) is 0 Å². The fourth-order valence-electron chi connectivity index (χ4n) is 2.09. The van der Waals surface area contributed by atoms with Gasteiger partial charge >= 0.3 is 13.8 Å². The van der Waals surface area contributed by atoms with Crippen molar-refractivity contribution in [2.75, 3.05) is 20.8 Å². The Morgan fingerprint density at radius 3 is 2.42 bits per heavy atom. The van der Waals surface area contributed by atoms with Gasteiger partial charge in [-0.25, -0.2) is 14.4 Å². The van der Waals surface area contributed by atoms with E-state index in [4.69, 9.17) is 0 Å². The summed E-state index contributed by atoms with van der Waals surface area (Å²) >= 11 is 0. The van der Waals surface area contributed by atoms with E-state index >= 15 is 0 Å². The van der Waals surface area contributed by atoms with Gasteiger partial charge < -0.3 is 5.32 Å². The van der Waals surface area contributed by atoms with Crippen LogP contribution in [0.5, 0.6) is 0 Å². The van der Waals surface area contributed by atoms with Crippen molar-refractivity contribution in [3.63, 3.8) is 0 Å². The van der Waals surface area contributed by atoms with Gasteiger partial charge in [-0.15, -0.1) is 0 Å². The molecule has 0 aliphatic carbocycles. The first-order valence-electron chi connectivity index (χ1n) is 7.07. The summed E-state index contributed by atoms with van der Waals surface area (Å²) in [6, 6.07) is 7.38. The third kappa shape index (κ3) is 4.19. The van der Waals surface area contributed by atoms with Crippen LogP contribution in [0.1, 0.15) is 5.56 Å². The number of imide groups is 1. The van der Waals surface area contributed by atoms with Crippen molar-refractivity contribution >= 4 is 25.6 Å². The van der Waals surface area contributed by atoms with Crippen LogP contribution in [0.3, 0.4) is 0 Å². The van der Waals surface area contributed by atoms with Crippen LogP contribution in [-0.4, -0.2) is 49.6 Å². The predicted molar refractivity (Wildman–Crippen MR) is 83.9 cm³/mol. The molecule has 2 N–H and O–H groups in total. The Kier molecular flexibility index (Phi) is 5.71. The highest BCUT2D eigenvalue weighted by molar-refractivity contribution is 7.52. The molecule has 4 amide bonds. The number of nitrogens with zero attached hydrogens (tertiary/aromatic N) is 1. The lowest BCUT2D eigenvalue weighted by atomic mass is 10.1. The number of hydrogen-bond acceptors (Lipinski definition) is 6. The maximum Gasteiger partial charge on any atom is 0.435 e. The molecule has 1 aromatic rings. The van der Waals surface area contributed by atoms with Gasteiger partial charge in [0.05, 0.1) is 13.0 Å². The summed E-state index contributed by atoms with van der Waals surface area (Å²) < 4.78 is 20.9. The summed E-state index contributed by atoms with van der Waals surface area (Å²) in [6.07, 6.45) is 0.138. The van der Waals surface area contributed by atoms with E-state index < -0.39 is 25.7 Å². The van der Waals surface area contributed by atoms with Crippen molar-refractivity contribution < 1.29 is 28.0 Å². The quantitative estimate of drug-likeness (QED) is 0.573. The second-order valence-corrected chi connectivity index (χ2v) is 6.96. The SMILES string of the molecule is COP(=O)(NC(=O)N1C[C@H](NC(=O)Cc2ccccc2)C1=O)OC. The Labute approximate surface area is 138 Å². The normalized spacial score (nSPS) is 17.2. The number of β-lactam (4-membered cyclic amide) rings is 1. The lowest BCUT2D eigenvalue weighted by Gasteiger charge is -2.37. The van der Waals surface area contributed by atoms with Crippen molar-refractivity contribution in [1.82, 2.24) is 15.3 Å². The van der Waals surface area contributed by atoms with Crippen LogP contribution in [0.4, 0.5) is 4.79 Å². The van der Waals surface area contributed by atoms with Gasteiger partial charge in [0.25, 0.3) is 5.91 Å². The molecular formula is C14H18N3O6P. The van der Waals surface area contributed by atoms with Gasteiger partial charge in [0.2, 0.25) is 5.91 Å². The maximum absolute atomic E-state index is 11.9. The highest BCUT2D eigenvalue weighted by atomic mass is 31.2. The minimum atomic E-state index is -3.77. The first-order valence-corrected chi connectivity index (χ1v) is 8.61. The Bertz CT molecular complexity index is 672. The van der Waals surface area contributed by atoms with Gasteiger partial charge in [0, 0.05) is 14.2 Å².